The second-order valence-corrected chi connectivity index (χ2v) is 9.88. The number of phenols is 1. The van der Waals surface area contributed by atoms with Crippen LogP contribution < -0.4 is 18.4 Å². The van der Waals surface area contributed by atoms with Gasteiger partial charge >= 0.3 is 7.32 Å². The number of hydrogen-bond donors (Lipinski definition) is 1. The van der Waals surface area contributed by atoms with E-state index in [0.29, 0.717) is 19.6 Å². The maximum absolute atomic E-state index is 14.4. The van der Waals surface area contributed by atoms with Crippen LogP contribution in [0.2, 0.25) is 0 Å². The van der Waals surface area contributed by atoms with E-state index in [0.717, 1.165) is 18.2 Å². The molecule has 0 aliphatic carbocycles. The molecule has 51 heavy (non-hydrogen) atoms. The van der Waals surface area contributed by atoms with Crippen LogP contribution in [-0.4, -0.2) is 32.1 Å². The van der Waals surface area contributed by atoms with Crippen molar-refractivity contribution in [2.45, 2.75) is 20.8 Å². The van der Waals surface area contributed by atoms with Gasteiger partial charge in [0.25, 0.3) is 0 Å². The summed E-state index contributed by atoms with van der Waals surface area (Å²) < 4.78 is 214. The molecule has 0 amide bonds. The van der Waals surface area contributed by atoms with Crippen molar-refractivity contribution in [3.05, 3.63) is 112 Å². The number of hydrogen-bond acceptors (Lipinski definition) is 4. The van der Waals surface area contributed by atoms with Gasteiger partial charge in [0, 0.05) is 6.07 Å². The van der Waals surface area contributed by atoms with Gasteiger partial charge in [0.1, 0.15) is 5.75 Å². The number of halogens is 15. The van der Waals surface area contributed by atoms with Gasteiger partial charge in [0.2, 0.25) is 58.2 Å². The first kappa shape index (κ1) is 40.5. The molecular weight excluding hydrogens is 734 g/mol. The Hall–Kier alpha value is -4.95. The number of rotatable bonds is 10. The van der Waals surface area contributed by atoms with Crippen LogP contribution in [0.25, 0.3) is 0 Å². The van der Waals surface area contributed by atoms with Gasteiger partial charge in [-0.15, -0.1) is 6.07 Å². The maximum Gasteiger partial charge on any atom is 0.864 e. The summed E-state index contributed by atoms with van der Waals surface area (Å²) in [5.74, 6) is -40.1. The zero-order chi connectivity index (χ0) is 38.7. The molecule has 0 heterocycles. The van der Waals surface area contributed by atoms with Crippen LogP contribution in [0.5, 0.6) is 23.0 Å². The highest BCUT2D eigenvalue weighted by molar-refractivity contribution is 6.39. The SMILES string of the molecule is CC[N+](CC)(CC)c1cc(O)ccc1OB(Oc1c(F)c(F)c(F)c(F)c1F)Oc1c(F)c(F)c(F)c(F)c1F.Fc1[c-]c(F)c(F)c(F)c1F. The van der Waals surface area contributed by atoms with E-state index in [1.54, 1.807) is 20.8 Å². The second kappa shape index (κ2) is 15.9. The molecule has 4 aromatic carbocycles. The van der Waals surface area contributed by atoms with Crippen molar-refractivity contribution in [1.82, 2.24) is 4.48 Å². The highest BCUT2D eigenvalue weighted by Gasteiger charge is 2.41. The van der Waals surface area contributed by atoms with Gasteiger partial charge in [-0.25, -0.2) is 39.5 Å². The topological polar surface area (TPSA) is 47.9 Å². The van der Waals surface area contributed by atoms with Gasteiger partial charge in [-0.2, -0.15) is 17.6 Å². The van der Waals surface area contributed by atoms with E-state index >= 15 is 0 Å². The molecule has 0 atom stereocenters. The van der Waals surface area contributed by atoms with Crippen LogP contribution in [0, 0.1) is 93.3 Å². The number of benzene rings is 4. The van der Waals surface area contributed by atoms with E-state index in [9.17, 15) is 71.0 Å². The molecule has 5 nitrogen and oxygen atoms in total. The summed E-state index contributed by atoms with van der Waals surface area (Å²) in [6.07, 6.45) is 0. The Kier molecular flexibility index (Phi) is 12.7. The highest BCUT2D eigenvalue weighted by Crippen LogP contribution is 2.39. The third kappa shape index (κ3) is 7.86. The minimum atomic E-state index is -2.92. The second-order valence-electron chi connectivity index (χ2n) is 9.88. The molecular formula is C30H19BF15NO4. The fourth-order valence-corrected chi connectivity index (χ4v) is 4.40. The molecule has 4 aromatic rings. The van der Waals surface area contributed by atoms with Gasteiger partial charge in [-0.05, 0) is 32.9 Å². The molecule has 276 valence electrons. The first-order valence-corrected chi connectivity index (χ1v) is 13.9. The van der Waals surface area contributed by atoms with Gasteiger partial charge < -0.3 is 19.1 Å². The maximum atomic E-state index is 14.4. The Morgan fingerprint density at radius 1 is 0.510 bits per heavy atom. The summed E-state index contributed by atoms with van der Waals surface area (Å²) in [5, 5.41) is 10.0. The van der Waals surface area contributed by atoms with Crippen LogP contribution in [0.4, 0.5) is 71.5 Å². The molecule has 0 bridgehead atoms. The standard InChI is InChI=1S/C24H18BF10NO4.C6F5/c1-4-36(5-2,6-3)11-9-10(37)7-8-12(11)38-25(39-23-19(32)15(28)13(26)16(29)20(23)33)40-24-21(34)17(30)14(27)18(31)22(24)35;7-2-1-3(8)5(10)6(11)4(2)9/h7-9H,4-6H2,1-3H3;/q;-1/p+1. The lowest BCUT2D eigenvalue weighted by Crippen LogP contribution is -2.49. The first-order valence-electron chi connectivity index (χ1n) is 13.9. The lowest BCUT2D eigenvalue weighted by molar-refractivity contribution is 0.254. The molecule has 0 aliphatic rings. The molecule has 0 radical (unpaired) electrons. The Bertz CT molecular complexity index is 1780. The smallest absolute Gasteiger partial charge is 0.508 e. The lowest BCUT2D eigenvalue weighted by Gasteiger charge is -2.36. The van der Waals surface area contributed by atoms with E-state index in [1.807, 2.05) is 0 Å². The van der Waals surface area contributed by atoms with Gasteiger partial charge in [0.05, 0.1) is 48.7 Å². The van der Waals surface area contributed by atoms with Crippen LogP contribution in [-0.2, 0) is 0 Å². The number of nitrogens with zero attached hydrogens (tertiary/aromatic N) is 1. The summed E-state index contributed by atoms with van der Waals surface area (Å²) in [5.41, 5.74) is 0.125. The summed E-state index contributed by atoms with van der Waals surface area (Å²) in [6.45, 7) is 6.22. The lowest BCUT2D eigenvalue weighted by atomic mass is 10.1. The minimum Gasteiger partial charge on any atom is -0.508 e. The Morgan fingerprint density at radius 2 is 0.843 bits per heavy atom. The van der Waals surface area contributed by atoms with Gasteiger partial charge in [-0.1, -0.05) is 0 Å². The van der Waals surface area contributed by atoms with Crippen molar-refractivity contribution in [3.8, 4) is 23.0 Å². The Labute approximate surface area is 277 Å². The van der Waals surface area contributed by atoms with Crippen LogP contribution in [0.3, 0.4) is 0 Å². The fourth-order valence-electron chi connectivity index (χ4n) is 4.40. The summed E-state index contributed by atoms with van der Waals surface area (Å²) in [4.78, 5) is 0. The van der Waals surface area contributed by atoms with E-state index < -0.39 is 106 Å². The number of quaternary nitrogens is 1. The van der Waals surface area contributed by atoms with Gasteiger partial charge in [-0.3, -0.25) is 13.3 Å². The quantitative estimate of drug-likeness (QED) is 0.0440. The Morgan fingerprint density at radius 3 is 1.20 bits per heavy atom. The van der Waals surface area contributed by atoms with Crippen molar-refractivity contribution in [1.29, 1.82) is 0 Å². The molecule has 0 fully saturated rings. The first-order chi connectivity index (χ1) is 23.8. The van der Waals surface area contributed by atoms with E-state index in [4.69, 9.17) is 4.65 Å². The summed E-state index contributed by atoms with van der Waals surface area (Å²) >= 11 is 0. The predicted octanol–water partition coefficient (Wildman–Crippen LogP) is 8.85. The van der Waals surface area contributed by atoms with Crippen molar-refractivity contribution < 1.29 is 84.9 Å². The van der Waals surface area contributed by atoms with Crippen LogP contribution in [0.15, 0.2) is 18.2 Å². The minimum absolute atomic E-state index is 0.0293. The predicted molar refractivity (Wildman–Crippen MR) is 147 cm³/mol. The third-order valence-corrected chi connectivity index (χ3v) is 7.25. The molecule has 0 spiro atoms. The highest BCUT2D eigenvalue weighted by atomic mass is 19.2. The molecule has 0 saturated carbocycles. The average Bonchev–Trinajstić information content (AvgIpc) is 3.12. The average molecular weight is 753 g/mol. The van der Waals surface area contributed by atoms with E-state index in [1.165, 1.54) is 6.07 Å². The molecule has 0 aliphatic heterocycles. The molecule has 21 heteroatoms. The largest absolute Gasteiger partial charge is 0.864 e. The molecule has 0 saturated heterocycles. The monoisotopic (exact) mass is 753 g/mol. The number of aromatic hydroxyl groups is 1. The van der Waals surface area contributed by atoms with Crippen LogP contribution in [0.1, 0.15) is 20.8 Å². The third-order valence-electron chi connectivity index (χ3n) is 7.25. The van der Waals surface area contributed by atoms with E-state index in [-0.39, 0.29) is 21.7 Å². The molecule has 4 rings (SSSR count). The normalized spacial score (nSPS) is 11.3. The molecule has 0 unspecified atom stereocenters. The summed E-state index contributed by atoms with van der Waals surface area (Å²) in [6, 6.07) is 4.27. The molecule has 0 aromatic heterocycles. The van der Waals surface area contributed by atoms with E-state index in [2.05, 4.69) is 9.31 Å². The zero-order valence-corrected chi connectivity index (χ0v) is 25.7. The summed E-state index contributed by atoms with van der Waals surface area (Å²) in [7, 11) is -2.92. The van der Waals surface area contributed by atoms with Crippen molar-refractivity contribution in [2.75, 3.05) is 19.6 Å². The van der Waals surface area contributed by atoms with Crippen LogP contribution >= 0.6 is 0 Å². The Balaban J connectivity index is 0.000000542. The zero-order valence-electron chi connectivity index (χ0n) is 25.7. The van der Waals surface area contributed by atoms with Crippen molar-refractivity contribution in [2.24, 2.45) is 0 Å². The number of phenolic OH excluding ortho intramolecular Hbond substituents is 1. The molecule has 1 N–H and O–H groups in total. The van der Waals surface area contributed by atoms with Gasteiger partial charge in [0.15, 0.2) is 22.9 Å². The van der Waals surface area contributed by atoms with Crippen molar-refractivity contribution in [3.63, 3.8) is 0 Å². The fraction of sp³-hybridized carbons (Fsp3) is 0.200. The van der Waals surface area contributed by atoms with Crippen molar-refractivity contribution >= 4 is 13.0 Å².